The van der Waals surface area contributed by atoms with Gasteiger partial charge in [-0.05, 0) is 10.8 Å². The maximum atomic E-state index is 12.4. The van der Waals surface area contributed by atoms with Gasteiger partial charge < -0.3 is 0 Å². The second-order valence-corrected chi connectivity index (χ2v) is 7.02. The Kier molecular flexibility index (Phi) is 5.54. The first-order valence-electron chi connectivity index (χ1n) is 6.24. The Morgan fingerprint density at radius 1 is 1.11 bits per heavy atom. The van der Waals surface area contributed by atoms with Crippen LogP contribution in [-0.4, -0.2) is 30.9 Å². The standard InChI is InChI=1S/C14H27NO3/c1-13(2,3)9-10(16)11(14(4,5)6)12(17)15(7)18-8/h11H,9H2,1-8H3/t11-/m1/s1. The van der Waals surface area contributed by atoms with E-state index in [4.69, 9.17) is 4.84 Å². The molecule has 0 bridgehead atoms. The van der Waals surface area contributed by atoms with Crippen LogP contribution in [0.15, 0.2) is 0 Å². The van der Waals surface area contributed by atoms with Crippen LogP contribution in [0.3, 0.4) is 0 Å². The summed E-state index contributed by atoms with van der Waals surface area (Å²) in [6, 6.07) is 0. The third kappa shape index (κ3) is 5.17. The second kappa shape index (κ2) is 5.83. The van der Waals surface area contributed by atoms with Gasteiger partial charge in [0.2, 0.25) is 0 Å². The lowest BCUT2D eigenvalue weighted by Crippen LogP contribution is -2.44. The quantitative estimate of drug-likeness (QED) is 0.574. The molecule has 0 aliphatic heterocycles. The molecule has 0 spiro atoms. The average molecular weight is 257 g/mol. The minimum absolute atomic E-state index is 0.0242. The van der Waals surface area contributed by atoms with E-state index in [0.717, 1.165) is 5.06 Å². The molecular formula is C14H27NO3. The van der Waals surface area contributed by atoms with Crippen molar-refractivity contribution in [2.24, 2.45) is 16.7 Å². The lowest BCUT2D eigenvalue weighted by Gasteiger charge is -2.32. The summed E-state index contributed by atoms with van der Waals surface area (Å²) in [5, 5.41) is 1.14. The number of hydrogen-bond donors (Lipinski definition) is 0. The third-order valence-electron chi connectivity index (χ3n) is 2.72. The van der Waals surface area contributed by atoms with Gasteiger partial charge in [-0.15, -0.1) is 0 Å². The molecule has 1 amide bonds. The van der Waals surface area contributed by atoms with Crippen molar-refractivity contribution in [1.29, 1.82) is 0 Å². The van der Waals surface area contributed by atoms with Gasteiger partial charge in [0.1, 0.15) is 11.7 Å². The summed E-state index contributed by atoms with van der Waals surface area (Å²) in [5.74, 6) is -0.968. The molecule has 4 nitrogen and oxygen atoms in total. The summed E-state index contributed by atoms with van der Waals surface area (Å²) in [4.78, 5) is 29.5. The van der Waals surface area contributed by atoms with Crippen molar-refractivity contribution in [1.82, 2.24) is 5.06 Å². The first-order valence-corrected chi connectivity index (χ1v) is 6.24. The minimum Gasteiger partial charge on any atom is -0.299 e. The number of carbonyl (C=O) groups is 2. The summed E-state index contributed by atoms with van der Waals surface area (Å²) < 4.78 is 0. The van der Waals surface area contributed by atoms with Crippen LogP contribution in [0.1, 0.15) is 48.0 Å². The molecule has 0 N–H and O–H groups in total. The van der Waals surface area contributed by atoms with Gasteiger partial charge in [-0.3, -0.25) is 14.4 Å². The molecule has 0 saturated carbocycles. The number of rotatable bonds is 4. The highest BCUT2D eigenvalue weighted by molar-refractivity contribution is 6.01. The van der Waals surface area contributed by atoms with E-state index in [1.54, 1.807) is 0 Å². The van der Waals surface area contributed by atoms with Crippen LogP contribution in [0.2, 0.25) is 0 Å². The zero-order chi connectivity index (χ0) is 14.7. The number of hydrogen-bond acceptors (Lipinski definition) is 3. The summed E-state index contributed by atoms with van der Waals surface area (Å²) in [6.07, 6.45) is 0.387. The van der Waals surface area contributed by atoms with E-state index < -0.39 is 11.3 Å². The number of carbonyl (C=O) groups excluding carboxylic acids is 2. The van der Waals surface area contributed by atoms with Crippen LogP contribution in [0.4, 0.5) is 0 Å². The fourth-order valence-electron chi connectivity index (χ4n) is 1.89. The van der Waals surface area contributed by atoms with E-state index in [2.05, 4.69) is 0 Å². The molecule has 106 valence electrons. The Bertz CT molecular complexity index is 310. The van der Waals surface area contributed by atoms with Gasteiger partial charge in [0.05, 0.1) is 7.11 Å². The fourth-order valence-corrected chi connectivity index (χ4v) is 1.89. The number of nitrogens with zero attached hydrogens (tertiary/aromatic N) is 1. The monoisotopic (exact) mass is 257 g/mol. The molecule has 0 aromatic carbocycles. The smallest absolute Gasteiger partial charge is 0.256 e. The van der Waals surface area contributed by atoms with Crippen molar-refractivity contribution in [2.75, 3.05) is 14.2 Å². The highest BCUT2D eigenvalue weighted by Gasteiger charge is 2.40. The number of hydroxylamine groups is 2. The van der Waals surface area contributed by atoms with E-state index in [9.17, 15) is 9.59 Å². The molecule has 0 aromatic heterocycles. The SMILES string of the molecule is CON(C)C(=O)[C@@H](C(=O)CC(C)(C)C)C(C)(C)C. The largest absolute Gasteiger partial charge is 0.299 e. The lowest BCUT2D eigenvalue weighted by atomic mass is 9.73. The van der Waals surface area contributed by atoms with Crippen molar-refractivity contribution in [3.63, 3.8) is 0 Å². The molecule has 0 fully saturated rings. The van der Waals surface area contributed by atoms with E-state index in [1.807, 2.05) is 41.5 Å². The minimum atomic E-state index is -0.665. The van der Waals surface area contributed by atoms with Gasteiger partial charge in [0, 0.05) is 13.5 Å². The van der Waals surface area contributed by atoms with E-state index in [0.29, 0.717) is 6.42 Å². The Morgan fingerprint density at radius 2 is 1.56 bits per heavy atom. The molecular weight excluding hydrogens is 230 g/mol. The van der Waals surface area contributed by atoms with Crippen LogP contribution in [0.25, 0.3) is 0 Å². The van der Waals surface area contributed by atoms with E-state index in [-0.39, 0.29) is 17.1 Å². The Morgan fingerprint density at radius 3 is 1.83 bits per heavy atom. The predicted molar refractivity (Wildman–Crippen MR) is 71.8 cm³/mol. The maximum Gasteiger partial charge on any atom is 0.256 e. The Balaban J connectivity index is 5.15. The van der Waals surface area contributed by atoms with Gasteiger partial charge in [-0.2, -0.15) is 0 Å². The maximum absolute atomic E-state index is 12.4. The molecule has 0 aliphatic rings. The highest BCUT2D eigenvalue weighted by Crippen LogP contribution is 2.32. The Labute approximate surface area is 111 Å². The lowest BCUT2D eigenvalue weighted by molar-refractivity contribution is -0.178. The van der Waals surface area contributed by atoms with Crippen molar-refractivity contribution >= 4 is 11.7 Å². The van der Waals surface area contributed by atoms with Crippen LogP contribution in [-0.2, 0) is 14.4 Å². The van der Waals surface area contributed by atoms with Crippen molar-refractivity contribution in [3.05, 3.63) is 0 Å². The molecule has 0 heterocycles. The molecule has 4 heteroatoms. The summed E-state index contributed by atoms with van der Waals surface area (Å²) in [5.41, 5.74) is -0.529. The second-order valence-electron chi connectivity index (χ2n) is 7.02. The van der Waals surface area contributed by atoms with Gasteiger partial charge in [0.15, 0.2) is 0 Å². The van der Waals surface area contributed by atoms with Crippen molar-refractivity contribution < 1.29 is 14.4 Å². The van der Waals surface area contributed by atoms with Crippen LogP contribution in [0, 0.1) is 16.7 Å². The zero-order valence-corrected chi connectivity index (χ0v) is 13.0. The topological polar surface area (TPSA) is 46.6 Å². The molecule has 0 rings (SSSR count). The number of Topliss-reactive ketones (excluding diaryl/α,β-unsaturated/α-hetero) is 1. The molecule has 0 aliphatic carbocycles. The molecule has 1 atom stereocenters. The van der Waals surface area contributed by atoms with Crippen molar-refractivity contribution in [3.8, 4) is 0 Å². The fraction of sp³-hybridized carbons (Fsp3) is 0.857. The van der Waals surface area contributed by atoms with Crippen LogP contribution >= 0.6 is 0 Å². The van der Waals surface area contributed by atoms with Gasteiger partial charge in [-0.1, -0.05) is 41.5 Å². The third-order valence-corrected chi connectivity index (χ3v) is 2.72. The molecule has 0 saturated heterocycles. The molecule has 0 unspecified atom stereocenters. The summed E-state index contributed by atoms with van der Waals surface area (Å²) in [6.45, 7) is 11.7. The highest BCUT2D eigenvalue weighted by atomic mass is 16.7. The molecule has 0 radical (unpaired) electrons. The number of ketones is 1. The zero-order valence-electron chi connectivity index (χ0n) is 13.0. The van der Waals surface area contributed by atoms with E-state index in [1.165, 1.54) is 14.2 Å². The van der Waals surface area contributed by atoms with Crippen LogP contribution in [0.5, 0.6) is 0 Å². The normalized spacial score (nSPS) is 14.2. The molecule has 18 heavy (non-hydrogen) atoms. The first-order chi connectivity index (χ1) is 7.90. The average Bonchev–Trinajstić information content (AvgIpc) is 2.11. The van der Waals surface area contributed by atoms with Gasteiger partial charge in [-0.25, -0.2) is 5.06 Å². The van der Waals surface area contributed by atoms with Crippen LogP contribution < -0.4 is 0 Å². The predicted octanol–water partition coefficient (Wildman–Crippen LogP) is 2.67. The van der Waals surface area contributed by atoms with Gasteiger partial charge in [0.25, 0.3) is 5.91 Å². The first kappa shape index (κ1) is 17.1. The summed E-state index contributed by atoms with van der Waals surface area (Å²) in [7, 11) is 2.96. The number of amides is 1. The molecule has 0 aromatic rings. The van der Waals surface area contributed by atoms with Crippen molar-refractivity contribution in [2.45, 2.75) is 48.0 Å². The Hall–Kier alpha value is -0.900. The van der Waals surface area contributed by atoms with Gasteiger partial charge >= 0.3 is 0 Å². The van der Waals surface area contributed by atoms with E-state index >= 15 is 0 Å². The summed E-state index contributed by atoms with van der Waals surface area (Å²) >= 11 is 0.